The smallest absolute Gasteiger partial charge is 0.323 e. The number of carbonyl (C=O) groups excluding carboxylic acids is 1. The van der Waals surface area contributed by atoms with E-state index in [1.54, 1.807) is 0 Å². The number of piperazine rings is 1. The Hall–Kier alpha value is -1.30. The van der Waals surface area contributed by atoms with Gasteiger partial charge in [-0.3, -0.25) is 9.69 Å². The van der Waals surface area contributed by atoms with Gasteiger partial charge in [-0.05, 0) is 32.1 Å². The van der Waals surface area contributed by atoms with Crippen molar-refractivity contribution in [3.05, 3.63) is 0 Å². The lowest BCUT2D eigenvalue weighted by Crippen LogP contribution is -2.55. The molecular weight excluding hydrogens is 270 g/mol. The molecule has 6 nitrogen and oxygen atoms in total. The fourth-order valence-corrected chi connectivity index (χ4v) is 2.80. The quantitative estimate of drug-likeness (QED) is 0.803. The molecule has 0 aromatic heterocycles. The molecule has 0 aromatic carbocycles. The van der Waals surface area contributed by atoms with Crippen LogP contribution in [0.25, 0.3) is 0 Å². The average Bonchev–Trinajstić information content (AvgIpc) is 3.28. The van der Waals surface area contributed by atoms with Gasteiger partial charge in [0.1, 0.15) is 6.54 Å². The van der Waals surface area contributed by atoms with Crippen molar-refractivity contribution in [2.24, 2.45) is 5.92 Å². The molecule has 0 aromatic rings. The van der Waals surface area contributed by atoms with Gasteiger partial charge in [0.05, 0.1) is 0 Å². The molecule has 120 valence electrons. The van der Waals surface area contributed by atoms with E-state index in [4.69, 9.17) is 5.11 Å². The van der Waals surface area contributed by atoms with Gasteiger partial charge in [0.25, 0.3) is 0 Å². The Morgan fingerprint density at radius 1 is 1.24 bits per heavy atom. The molecule has 6 heteroatoms. The zero-order valence-corrected chi connectivity index (χ0v) is 13.1. The molecule has 1 aliphatic heterocycles. The number of hydrogen-bond donors (Lipinski definition) is 1. The first-order chi connectivity index (χ1) is 10.0. The molecule has 1 atom stereocenters. The molecule has 1 heterocycles. The van der Waals surface area contributed by atoms with Crippen LogP contribution >= 0.6 is 0 Å². The monoisotopic (exact) mass is 297 g/mol. The molecule has 2 amide bonds. The topological polar surface area (TPSA) is 64.1 Å². The maximum absolute atomic E-state index is 12.5. The van der Waals surface area contributed by atoms with E-state index in [0.29, 0.717) is 31.6 Å². The van der Waals surface area contributed by atoms with E-state index in [9.17, 15) is 9.59 Å². The number of rotatable bonds is 6. The van der Waals surface area contributed by atoms with Crippen molar-refractivity contribution in [3.8, 4) is 0 Å². The van der Waals surface area contributed by atoms with Gasteiger partial charge in [-0.1, -0.05) is 6.92 Å². The second-order valence-corrected chi connectivity index (χ2v) is 6.28. The molecule has 0 spiro atoms. The molecule has 2 rings (SSSR count). The van der Waals surface area contributed by atoms with Crippen LogP contribution < -0.4 is 0 Å². The number of carboxylic acids is 1. The van der Waals surface area contributed by atoms with Crippen molar-refractivity contribution < 1.29 is 14.7 Å². The van der Waals surface area contributed by atoms with E-state index in [0.717, 1.165) is 32.4 Å². The van der Waals surface area contributed by atoms with Crippen molar-refractivity contribution in [1.29, 1.82) is 0 Å². The third-order valence-corrected chi connectivity index (χ3v) is 4.57. The summed E-state index contributed by atoms with van der Waals surface area (Å²) < 4.78 is 0. The summed E-state index contributed by atoms with van der Waals surface area (Å²) in [6.45, 7) is 7.95. The third kappa shape index (κ3) is 4.59. The minimum absolute atomic E-state index is 0.104. The number of carbonyl (C=O) groups is 2. The van der Waals surface area contributed by atoms with Gasteiger partial charge in [0, 0.05) is 38.8 Å². The molecule has 1 saturated carbocycles. The molecule has 2 fully saturated rings. The Morgan fingerprint density at radius 2 is 1.86 bits per heavy atom. The second kappa shape index (κ2) is 7.11. The van der Waals surface area contributed by atoms with Crippen molar-refractivity contribution in [2.75, 3.05) is 39.3 Å². The lowest BCUT2D eigenvalue weighted by Gasteiger charge is -2.39. The van der Waals surface area contributed by atoms with Crippen LogP contribution in [-0.2, 0) is 4.79 Å². The van der Waals surface area contributed by atoms with Crippen molar-refractivity contribution in [1.82, 2.24) is 14.7 Å². The summed E-state index contributed by atoms with van der Waals surface area (Å²) in [6, 6.07) is 0.442. The Morgan fingerprint density at radius 3 is 2.33 bits per heavy atom. The van der Waals surface area contributed by atoms with Crippen LogP contribution in [-0.4, -0.2) is 77.1 Å². The van der Waals surface area contributed by atoms with E-state index in [1.165, 1.54) is 4.90 Å². The summed E-state index contributed by atoms with van der Waals surface area (Å²) >= 11 is 0. The van der Waals surface area contributed by atoms with E-state index >= 15 is 0 Å². The van der Waals surface area contributed by atoms with Crippen LogP contribution in [0.15, 0.2) is 0 Å². The van der Waals surface area contributed by atoms with Crippen molar-refractivity contribution in [2.45, 2.75) is 39.2 Å². The summed E-state index contributed by atoms with van der Waals surface area (Å²) in [5.74, 6) is -0.419. The van der Waals surface area contributed by atoms with Crippen LogP contribution in [0.4, 0.5) is 4.79 Å². The number of amides is 2. The standard InChI is InChI=1S/C15H27N3O3/c1-3-12(2)16-6-8-17(9-7-16)15(21)18(11-14(19)20)10-13-4-5-13/h12-13H,3-11H2,1-2H3,(H,19,20). The Kier molecular flexibility index (Phi) is 5.45. The maximum Gasteiger partial charge on any atom is 0.323 e. The molecule has 1 saturated heterocycles. The molecule has 1 unspecified atom stereocenters. The number of carboxylic acid groups (broad SMARTS) is 1. The highest BCUT2D eigenvalue weighted by atomic mass is 16.4. The normalized spacial score (nSPS) is 21.1. The van der Waals surface area contributed by atoms with Crippen molar-refractivity contribution >= 4 is 12.0 Å². The lowest BCUT2D eigenvalue weighted by molar-refractivity contribution is -0.137. The number of aliphatic carboxylic acids is 1. The van der Waals surface area contributed by atoms with E-state index < -0.39 is 5.97 Å². The predicted octanol–water partition coefficient (Wildman–Crippen LogP) is 1.32. The van der Waals surface area contributed by atoms with Gasteiger partial charge in [-0.2, -0.15) is 0 Å². The van der Waals surface area contributed by atoms with E-state index in [2.05, 4.69) is 18.7 Å². The van der Waals surface area contributed by atoms with Crippen LogP contribution in [0, 0.1) is 5.92 Å². The third-order valence-electron chi connectivity index (χ3n) is 4.57. The first-order valence-electron chi connectivity index (χ1n) is 8.01. The molecule has 1 aliphatic carbocycles. The Labute approximate surface area is 126 Å². The maximum atomic E-state index is 12.5. The Bertz CT molecular complexity index is 376. The van der Waals surface area contributed by atoms with Gasteiger partial charge in [0.2, 0.25) is 0 Å². The zero-order chi connectivity index (χ0) is 15.4. The SMILES string of the molecule is CCC(C)N1CCN(C(=O)N(CC(=O)O)CC2CC2)CC1. The average molecular weight is 297 g/mol. The summed E-state index contributed by atoms with van der Waals surface area (Å²) in [5.41, 5.74) is 0. The first-order valence-corrected chi connectivity index (χ1v) is 8.01. The molecule has 2 aliphatic rings. The molecule has 0 radical (unpaired) electrons. The number of urea groups is 1. The fraction of sp³-hybridized carbons (Fsp3) is 0.867. The van der Waals surface area contributed by atoms with Gasteiger partial charge in [-0.15, -0.1) is 0 Å². The van der Waals surface area contributed by atoms with Crippen LogP contribution in [0.3, 0.4) is 0 Å². The largest absolute Gasteiger partial charge is 0.480 e. The second-order valence-electron chi connectivity index (χ2n) is 6.28. The number of nitrogens with zero attached hydrogens (tertiary/aromatic N) is 3. The van der Waals surface area contributed by atoms with Crippen LogP contribution in [0.5, 0.6) is 0 Å². The van der Waals surface area contributed by atoms with Gasteiger partial charge in [0.15, 0.2) is 0 Å². The first kappa shape index (κ1) is 16.1. The fourth-order valence-electron chi connectivity index (χ4n) is 2.80. The van der Waals surface area contributed by atoms with Gasteiger partial charge < -0.3 is 14.9 Å². The van der Waals surface area contributed by atoms with Gasteiger partial charge in [-0.25, -0.2) is 4.79 Å². The summed E-state index contributed by atoms with van der Waals surface area (Å²) in [5, 5.41) is 8.99. The van der Waals surface area contributed by atoms with Gasteiger partial charge >= 0.3 is 12.0 Å². The summed E-state index contributed by atoms with van der Waals surface area (Å²) in [6.07, 6.45) is 3.34. The highest BCUT2D eigenvalue weighted by Crippen LogP contribution is 2.30. The summed E-state index contributed by atoms with van der Waals surface area (Å²) in [7, 11) is 0. The molecule has 0 bridgehead atoms. The molecule has 1 N–H and O–H groups in total. The highest BCUT2D eigenvalue weighted by molar-refractivity contribution is 5.80. The van der Waals surface area contributed by atoms with E-state index in [-0.39, 0.29) is 12.6 Å². The number of hydrogen-bond acceptors (Lipinski definition) is 3. The minimum Gasteiger partial charge on any atom is -0.480 e. The van der Waals surface area contributed by atoms with Crippen molar-refractivity contribution in [3.63, 3.8) is 0 Å². The highest BCUT2D eigenvalue weighted by Gasteiger charge is 2.31. The Balaban J connectivity index is 1.87. The molecule has 21 heavy (non-hydrogen) atoms. The summed E-state index contributed by atoms with van der Waals surface area (Å²) in [4.78, 5) is 29.2. The molecular formula is C15H27N3O3. The minimum atomic E-state index is -0.928. The van der Waals surface area contributed by atoms with E-state index in [1.807, 2.05) is 4.90 Å². The lowest BCUT2D eigenvalue weighted by atomic mass is 10.2. The van der Waals surface area contributed by atoms with Crippen LogP contribution in [0.2, 0.25) is 0 Å². The zero-order valence-electron chi connectivity index (χ0n) is 13.1. The van der Waals surface area contributed by atoms with Crippen LogP contribution in [0.1, 0.15) is 33.1 Å². The predicted molar refractivity (Wildman–Crippen MR) is 80.2 cm³/mol.